The van der Waals surface area contributed by atoms with Gasteiger partial charge in [0.05, 0.1) is 22.9 Å². The number of aromatic amines is 1. The third-order valence-corrected chi connectivity index (χ3v) is 5.93. The molecule has 2 aromatic carbocycles. The van der Waals surface area contributed by atoms with Crippen molar-refractivity contribution in [3.05, 3.63) is 77.1 Å². The first kappa shape index (κ1) is 19.9. The molecule has 0 atom stereocenters. The van der Waals surface area contributed by atoms with Crippen LogP contribution in [0.2, 0.25) is 0 Å². The number of hydrogen-bond donors (Lipinski definition) is 2. The molecule has 0 bridgehead atoms. The molecule has 0 aliphatic carbocycles. The molecule has 7 nitrogen and oxygen atoms in total. The van der Waals surface area contributed by atoms with E-state index in [1.165, 1.54) is 0 Å². The number of rotatable bonds is 3. The molecule has 2 aromatic heterocycles. The van der Waals surface area contributed by atoms with Gasteiger partial charge in [0.1, 0.15) is 5.69 Å². The molecule has 0 unspecified atom stereocenters. The van der Waals surface area contributed by atoms with Crippen LogP contribution in [0.1, 0.15) is 36.5 Å². The van der Waals surface area contributed by atoms with Crippen LogP contribution in [0.25, 0.3) is 28.1 Å². The maximum absolute atomic E-state index is 13.1. The fourth-order valence-electron chi connectivity index (χ4n) is 4.19. The summed E-state index contributed by atoms with van der Waals surface area (Å²) in [6, 6.07) is 13.7. The Morgan fingerprint density at radius 2 is 1.88 bits per heavy atom. The number of anilines is 1. The molecule has 32 heavy (non-hydrogen) atoms. The molecule has 0 radical (unpaired) electrons. The van der Waals surface area contributed by atoms with E-state index in [1.807, 2.05) is 61.2 Å². The van der Waals surface area contributed by atoms with E-state index in [-0.39, 0.29) is 8.76 Å². The quantitative estimate of drug-likeness (QED) is 0.495. The third kappa shape index (κ3) is 3.51. The number of nitrogens with zero attached hydrogens (tertiary/aromatic N) is 4. The molecule has 3 N–H and O–H groups in total. The Morgan fingerprint density at radius 1 is 1.09 bits per heavy atom. The number of aromatic nitrogens is 4. The summed E-state index contributed by atoms with van der Waals surface area (Å²) in [5.74, 6) is 1.000. The number of imidazole rings is 1. The molecule has 0 fully saturated rings. The normalized spacial score (nSPS) is 13.9. The van der Waals surface area contributed by atoms with Gasteiger partial charge in [-0.25, -0.2) is 15.0 Å². The maximum atomic E-state index is 13.1. The molecule has 4 aromatic rings. The number of carbonyl (C=O) groups excluding carboxylic acids is 1. The monoisotopic (exact) mass is 428 g/mol. The second-order valence-electron chi connectivity index (χ2n) is 8.09. The molecule has 1 aliphatic heterocycles. The second-order valence-corrected chi connectivity index (χ2v) is 8.09. The largest absolute Gasteiger partial charge is 0.382 e. The minimum atomic E-state index is 0. The molecular weight excluding hydrogens is 400 g/mol. The van der Waals surface area contributed by atoms with Gasteiger partial charge in [0, 0.05) is 21.5 Å². The lowest BCUT2D eigenvalue weighted by atomic mass is 9.99. The van der Waals surface area contributed by atoms with Gasteiger partial charge in [-0.3, -0.25) is 4.79 Å². The number of nitrogen functional groups attached to an aromatic ring is 1. The second kappa shape index (κ2) is 7.92. The van der Waals surface area contributed by atoms with Crippen LogP contribution in [0.3, 0.4) is 0 Å². The zero-order valence-electron chi connectivity index (χ0n) is 18.1. The third-order valence-electron chi connectivity index (χ3n) is 5.93. The van der Waals surface area contributed by atoms with Gasteiger partial charge >= 0.3 is 0 Å². The van der Waals surface area contributed by atoms with Gasteiger partial charge < -0.3 is 15.6 Å². The highest BCUT2D eigenvalue weighted by molar-refractivity contribution is 5.97. The summed E-state index contributed by atoms with van der Waals surface area (Å²) in [5, 5.41) is 0. The van der Waals surface area contributed by atoms with Crippen molar-refractivity contribution in [2.24, 2.45) is 0 Å². The van der Waals surface area contributed by atoms with Crippen molar-refractivity contribution in [1.82, 2.24) is 24.8 Å². The number of H-pyrrole nitrogens is 1. The Bertz CT molecular complexity index is 1330. The predicted octanol–water partition coefficient (Wildman–Crippen LogP) is 4.64. The number of amides is 1. The summed E-state index contributed by atoms with van der Waals surface area (Å²) >= 11 is 0. The first-order chi connectivity index (χ1) is 15.5. The van der Waals surface area contributed by atoms with Crippen molar-refractivity contribution in [3.8, 4) is 11.5 Å². The van der Waals surface area contributed by atoms with Gasteiger partial charge in [-0.15, -0.1) is 0 Å². The molecule has 3 heterocycles. The Labute approximate surface area is 189 Å². The zero-order valence-corrected chi connectivity index (χ0v) is 18.1. The van der Waals surface area contributed by atoms with E-state index in [1.54, 1.807) is 6.20 Å². The highest BCUT2D eigenvalue weighted by Gasteiger charge is 2.23. The van der Waals surface area contributed by atoms with Crippen LogP contribution in [0.15, 0.2) is 54.7 Å². The number of fused-ring (bicyclic) bond motifs is 1. The van der Waals surface area contributed by atoms with Crippen LogP contribution in [0.5, 0.6) is 0 Å². The van der Waals surface area contributed by atoms with E-state index in [2.05, 4.69) is 21.0 Å². The SMILES string of the molecule is Cc1cccc(C)c1C(=O)N1CC=C(c2cnc(N)c(-c3nc4ccccc4[nH]3)n2)CC1.[HH].[HH]. The van der Waals surface area contributed by atoms with Gasteiger partial charge in [0.15, 0.2) is 11.6 Å². The van der Waals surface area contributed by atoms with Gasteiger partial charge in [-0.05, 0) is 49.1 Å². The topological polar surface area (TPSA) is 101 Å². The Kier molecular flexibility index (Phi) is 4.93. The summed E-state index contributed by atoms with van der Waals surface area (Å²) in [7, 11) is 0. The number of aryl methyl sites for hydroxylation is 2. The minimum Gasteiger partial charge on any atom is -0.382 e. The van der Waals surface area contributed by atoms with E-state index in [4.69, 9.17) is 10.7 Å². The number of carbonyl (C=O) groups is 1. The van der Waals surface area contributed by atoms with Crippen molar-refractivity contribution in [2.75, 3.05) is 18.8 Å². The molecule has 0 spiro atoms. The number of hydrogen-bond acceptors (Lipinski definition) is 5. The van der Waals surface area contributed by atoms with Crippen LogP contribution >= 0.6 is 0 Å². The molecule has 164 valence electrons. The van der Waals surface area contributed by atoms with Crippen molar-refractivity contribution < 1.29 is 7.65 Å². The van der Waals surface area contributed by atoms with E-state index in [0.29, 0.717) is 36.8 Å². The van der Waals surface area contributed by atoms with Crippen molar-refractivity contribution in [3.63, 3.8) is 0 Å². The van der Waals surface area contributed by atoms with Gasteiger partial charge in [-0.1, -0.05) is 36.4 Å². The predicted molar refractivity (Wildman–Crippen MR) is 130 cm³/mol. The average Bonchev–Trinajstić information content (AvgIpc) is 3.23. The van der Waals surface area contributed by atoms with Crippen molar-refractivity contribution >= 4 is 28.3 Å². The van der Waals surface area contributed by atoms with E-state index < -0.39 is 0 Å². The highest BCUT2D eigenvalue weighted by Crippen LogP contribution is 2.27. The summed E-state index contributed by atoms with van der Waals surface area (Å²) in [6.45, 7) is 5.13. The van der Waals surface area contributed by atoms with Crippen molar-refractivity contribution in [2.45, 2.75) is 20.3 Å². The number of nitrogens with one attached hydrogen (secondary N) is 1. The summed E-state index contributed by atoms with van der Waals surface area (Å²) in [6.07, 6.45) is 4.45. The molecule has 7 heteroatoms. The average molecular weight is 429 g/mol. The lowest BCUT2D eigenvalue weighted by molar-refractivity contribution is 0.0771. The Hall–Kier alpha value is -4.00. The summed E-state index contributed by atoms with van der Waals surface area (Å²) in [5.41, 5.74) is 13.1. The number of para-hydroxylation sites is 2. The number of benzene rings is 2. The molecular formula is C25H28N6O. The van der Waals surface area contributed by atoms with Gasteiger partial charge in [-0.2, -0.15) is 0 Å². The molecule has 0 saturated heterocycles. The zero-order chi connectivity index (χ0) is 22.2. The maximum Gasteiger partial charge on any atom is 0.254 e. The fraction of sp³-hybridized carbons (Fsp3) is 0.200. The molecule has 1 aliphatic rings. The van der Waals surface area contributed by atoms with Crippen LogP contribution in [-0.4, -0.2) is 43.8 Å². The van der Waals surface area contributed by atoms with Crippen LogP contribution in [0.4, 0.5) is 5.82 Å². The Balaban J connectivity index is 0.00000162. The summed E-state index contributed by atoms with van der Waals surface area (Å²) in [4.78, 5) is 32.0. The van der Waals surface area contributed by atoms with Crippen LogP contribution in [-0.2, 0) is 0 Å². The molecule has 1 amide bonds. The fourth-order valence-corrected chi connectivity index (χ4v) is 4.19. The minimum absolute atomic E-state index is 0. The molecule has 5 rings (SSSR count). The van der Waals surface area contributed by atoms with Gasteiger partial charge in [0.2, 0.25) is 0 Å². The van der Waals surface area contributed by atoms with Crippen LogP contribution in [0, 0.1) is 13.8 Å². The molecule has 0 saturated carbocycles. The smallest absolute Gasteiger partial charge is 0.254 e. The summed E-state index contributed by atoms with van der Waals surface area (Å²) < 4.78 is 0. The lowest BCUT2D eigenvalue weighted by Crippen LogP contribution is -2.35. The number of nitrogens with two attached hydrogens (primary N) is 1. The van der Waals surface area contributed by atoms with Crippen LogP contribution < -0.4 is 5.73 Å². The highest BCUT2D eigenvalue weighted by atomic mass is 16.2. The standard InChI is InChI=1S/C25H24N6O.2H2/c1-15-6-5-7-16(2)21(15)25(32)31-12-10-17(11-13-31)20-14-27-23(26)22(28-20)24-29-18-8-3-4-9-19(18)30-24;;/h3-10,14H,11-13H2,1-2H3,(H2,26,27)(H,29,30);2*1H. The lowest BCUT2D eigenvalue weighted by Gasteiger charge is -2.27. The Morgan fingerprint density at radius 3 is 2.59 bits per heavy atom. The van der Waals surface area contributed by atoms with Crippen molar-refractivity contribution in [1.29, 1.82) is 0 Å². The first-order valence-corrected chi connectivity index (χ1v) is 10.6. The van der Waals surface area contributed by atoms with E-state index in [0.717, 1.165) is 39.0 Å². The van der Waals surface area contributed by atoms with E-state index in [9.17, 15) is 4.79 Å². The van der Waals surface area contributed by atoms with E-state index >= 15 is 0 Å². The van der Waals surface area contributed by atoms with Gasteiger partial charge in [0.25, 0.3) is 5.91 Å². The first-order valence-electron chi connectivity index (χ1n) is 10.6.